The number of piperidine rings is 1. The Bertz CT molecular complexity index is 161. The standard InChI is InChI=1S/C8H16N2O2/c1-12-8(11)10-5-3-2-4-7(10)6-9/h7H,2-6,9H2,1H3/t7-/m0/s1. The van der Waals surface area contributed by atoms with E-state index in [1.165, 1.54) is 7.11 Å². The van der Waals surface area contributed by atoms with Gasteiger partial charge in [-0.2, -0.15) is 0 Å². The van der Waals surface area contributed by atoms with Gasteiger partial charge in [-0.25, -0.2) is 4.79 Å². The summed E-state index contributed by atoms with van der Waals surface area (Å²) < 4.78 is 4.65. The SMILES string of the molecule is COC(=O)N1CCCC[C@H]1CN. The van der Waals surface area contributed by atoms with Crippen LogP contribution in [0, 0.1) is 0 Å². The van der Waals surface area contributed by atoms with Crippen LogP contribution in [0.1, 0.15) is 19.3 Å². The molecular weight excluding hydrogens is 156 g/mol. The highest BCUT2D eigenvalue weighted by Gasteiger charge is 2.25. The number of likely N-dealkylation sites (tertiary alicyclic amines) is 1. The number of hydrogen-bond acceptors (Lipinski definition) is 3. The Morgan fingerprint density at radius 3 is 3.00 bits per heavy atom. The molecule has 0 saturated carbocycles. The van der Waals surface area contributed by atoms with E-state index in [1.54, 1.807) is 4.90 Å². The number of ether oxygens (including phenoxy) is 1. The van der Waals surface area contributed by atoms with Gasteiger partial charge in [0.05, 0.1) is 7.11 Å². The summed E-state index contributed by atoms with van der Waals surface area (Å²) in [6.45, 7) is 1.32. The van der Waals surface area contributed by atoms with Crippen LogP contribution in [0.25, 0.3) is 0 Å². The Morgan fingerprint density at radius 1 is 1.67 bits per heavy atom. The number of hydrogen-bond donors (Lipinski definition) is 1. The first-order valence-electron chi connectivity index (χ1n) is 4.34. The lowest BCUT2D eigenvalue weighted by atomic mass is 10.0. The van der Waals surface area contributed by atoms with Crippen molar-refractivity contribution >= 4 is 6.09 Å². The third kappa shape index (κ3) is 1.88. The molecule has 0 bridgehead atoms. The van der Waals surface area contributed by atoms with Gasteiger partial charge in [0.15, 0.2) is 0 Å². The average Bonchev–Trinajstić information content (AvgIpc) is 2.16. The Kier molecular flexibility index (Phi) is 3.34. The Labute approximate surface area is 72.7 Å². The summed E-state index contributed by atoms with van der Waals surface area (Å²) in [5, 5.41) is 0. The van der Waals surface area contributed by atoms with Crippen LogP contribution in [0.5, 0.6) is 0 Å². The molecule has 0 aliphatic carbocycles. The Balaban J connectivity index is 2.52. The lowest BCUT2D eigenvalue weighted by Gasteiger charge is -2.33. The predicted octanol–water partition coefficient (Wildman–Crippen LogP) is 0.566. The highest BCUT2D eigenvalue weighted by Crippen LogP contribution is 2.16. The number of carbonyl (C=O) groups is 1. The van der Waals surface area contributed by atoms with Crippen LogP contribution < -0.4 is 5.73 Å². The molecule has 1 fully saturated rings. The minimum absolute atomic E-state index is 0.186. The average molecular weight is 172 g/mol. The third-order valence-electron chi connectivity index (χ3n) is 2.31. The highest BCUT2D eigenvalue weighted by atomic mass is 16.5. The number of rotatable bonds is 1. The second-order valence-electron chi connectivity index (χ2n) is 3.05. The van der Waals surface area contributed by atoms with Crippen molar-refractivity contribution in [1.82, 2.24) is 4.90 Å². The zero-order chi connectivity index (χ0) is 8.97. The maximum Gasteiger partial charge on any atom is 0.409 e. The lowest BCUT2D eigenvalue weighted by molar-refractivity contribution is 0.0917. The first-order chi connectivity index (χ1) is 5.79. The van der Waals surface area contributed by atoms with Crippen LogP contribution in [0.3, 0.4) is 0 Å². The summed E-state index contributed by atoms with van der Waals surface area (Å²) in [6, 6.07) is 0.186. The van der Waals surface area contributed by atoms with Gasteiger partial charge < -0.3 is 15.4 Å². The molecular formula is C8H16N2O2. The van der Waals surface area contributed by atoms with Gasteiger partial charge in [0.1, 0.15) is 0 Å². The minimum atomic E-state index is -0.245. The van der Waals surface area contributed by atoms with Crippen LogP contribution in [0.4, 0.5) is 4.79 Å². The van der Waals surface area contributed by atoms with Crippen molar-refractivity contribution < 1.29 is 9.53 Å². The smallest absolute Gasteiger partial charge is 0.409 e. The normalized spacial score (nSPS) is 23.8. The molecule has 0 radical (unpaired) electrons. The van der Waals surface area contributed by atoms with Crippen LogP contribution in [-0.4, -0.2) is 37.2 Å². The Morgan fingerprint density at radius 2 is 2.42 bits per heavy atom. The van der Waals surface area contributed by atoms with Crippen molar-refractivity contribution in [3.05, 3.63) is 0 Å². The molecule has 4 heteroatoms. The van der Waals surface area contributed by atoms with Crippen molar-refractivity contribution in [2.75, 3.05) is 20.2 Å². The maximum absolute atomic E-state index is 11.2. The van der Waals surface area contributed by atoms with E-state index in [1.807, 2.05) is 0 Å². The van der Waals surface area contributed by atoms with Crippen molar-refractivity contribution in [3.8, 4) is 0 Å². The van der Waals surface area contributed by atoms with Crippen molar-refractivity contribution in [2.24, 2.45) is 5.73 Å². The molecule has 1 saturated heterocycles. The summed E-state index contributed by atoms with van der Waals surface area (Å²) in [6.07, 6.45) is 2.98. The van der Waals surface area contributed by atoms with E-state index in [0.717, 1.165) is 25.8 Å². The van der Waals surface area contributed by atoms with Crippen molar-refractivity contribution in [3.63, 3.8) is 0 Å². The molecule has 12 heavy (non-hydrogen) atoms. The first-order valence-corrected chi connectivity index (χ1v) is 4.34. The minimum Gasteiger partial charge on any atom is -0.453 e. The topological polar surface area (TPSA) is 55.6 Å². The predicted molar refractivity (Wildman–Crippen MR) is 45.8 cm³/mol. The number of methoxy groups -OCH3 is 1. The molecule has 0 unspecified atom stereocenters. The summed E-state index contributed by atoms with van der Waals surface area (Å²) >= 11 is 0. The van der Waals surface area contributed by atoms with E-state index in [2.05, 4.69) is 4.74 Å². The number of nitrogens with zero attached hydrogens (tertiary/aromatic N) is 1. The third-order valence-corrected chi connectivity index (χ3v) is 2.31. The fourth-order valence-electron chi connectivity index (χ4n) is 1.60. The van der Waals surface area contributed by atoms with Gasteiger partial charge in [-0.1, -0.05) is 0 Å². The molecule has 1 amide bonds. The molecule has 2 N–H and O–H groups in total. The van der Waals surface area contributed by atoms with E-state index >= 15 is 0 Å². The molecule has 4 nitrogen and oxygen atoms in total. The quantitative estimate of drug-likeness (QED) is 0.629. The fraction of sp³-hybridized carbons (Fsp3) is 0.875. The van der Waals surface area contributed by atoms with E-state index < -0.39 is 0 Å². The monoisotopic (exact) mass is 172 g/mol. The Hall–Kier alpha value is -0.770. The van der Waals surface area contributed by atoms with Gasteiger partial charge in [-0.05, 0) is 19.3 Å². The molecule has 0 aromatic heterocycles. The van der Waals surface area contributed by atoms with Crippen LogP contribution in [-0.2, 0) is 4.74 Å². The zero-order valence-electron chi connectivity index (χ0n) is 7.45. The van der Waals surface area contributed by atoms with Gasteiger partial charge in [0, 0.05) is 19.1 Å². The molecule has 0 aromatic carbocycles. The summed E-state index contributed by atoms with van der Waals surface area (Å²) in [7, 11) is 1.41. The molecule has 70 valence electrons. The number of amides is 1. The van der Waals surface area contributed by atoms with E-state index in [9.17, 15) is 4.79 Å². The van der Waals surface area contributed by atoms with Crippen molar-refractivity contribution in [2.45, 2.75) is 25.3 Å². The van der Waals surface area contributed by atoms with Crippen LogP contribution in [0.2, 0.25) is 0 Å². The van der Waals surface area contributed by atoms with Gasteiger partial charge in [0.25, 0.3) is 0 Å². The van der Waals surface area contributed by atoms with Crippen molar-refractivity contribution in [1.29, 1.82) is 0 Å². The second-order valence-corrected chi connectivity index (χ2v) is 3.05. The van der Waals surface area contributed by atoms with Gasteiger partial charge >= 0.3 is 6.09 Å². The van der Waals surface area contributed by atoms with E-state index in [4.69, 9.17) is 5.73 Å². The zero-order valence-corrected chi connectivity index (χ0v) is 7.45. The molecule has 1 rings (SSSR count). The second kappa shape index (κ2) is 4.30. The molecule has 0 aromatic rings. The molecule has 1 aliphatic heterocycles. The summed E-state index contributed by atoms with van der Waals surface area (Å²) in [5.41, 5.74) is 5.54. The molecule has 1 aliphatic rings. The first kappa shape index (κ1) is 9.32. The fourth-order valence-corrected chi connectivity index (χ4v) is 1.60. The molecule has 1 atom stereocenters. The summed E-state index contributed by atoms with van der Waals surface area (Å²) in [5.74, 6) is 0. The largest absolute Gasteiger partial charge is 0.453 e. The maximum atomic E-state index is 11.2. The van der Waals surface area contributed by atoms with Crippen LogP contribution in [0.15, 0.2) is 0 Å². The van der Waals surface area contributed by atoms with E-state index in [0.29, 0.717) is 6.54 Å². The lowest BCUT2D eigenvalue weighted by Crippen LogP contribution is -2.47. The van der Waals surface area contributed by atoms with Crippen LogP contribution >= 0.6 is 0 Å². The van der Waals surface area contributed by atoms with Gasteiger partial charge in [-0.3, -0.25) is 0 Å². The van der Waals surface area contributed by atoms with E-state index in [-0.39, 0.29) is 12.1 Å². The number of nitrogens with two attached hydrogens (primary N) is 1. The van der Waals surface area contributed by atoms with Gasteiger partial charge in [0.2, 0.25) is 0 Å². The number of carbonyl (C=O) groups excluding carboxylic acids is 1. The summed E-state index contributed by atoms with van der Waals surface area (Å²) in [4.78, 5) is 12.9. The van der Waals surface area contributed by atoms with Gasteiger partial charge in [-0.15, -0.1) is 0 Å². The molecule has 1 heterocycles. The highest BCUT2D eigenvalue weighted by molar-refractivity contribution is 5.67. The molecule has 0 spiro atoms.